The summed E-state index contributed by atoms with van der Waals surface area (Å²) in [5.41, 5.74) is 1.32. The van der Waals surface area contributed by atoms with Crippen LogP contribution in [0.2, 0.25) is 30.5 Å². The van der Waals surface area contributed by atoms with Crippen LogP contribution in [0, 0.1) is 11.5 Å². The maximum atomic E-state index is 11.7. The van der Waals surface area contributed by atoms with Gasteiger partial charge < -0.3 is 10.2 Å². The van der Waals surface area contributed by atoms with Gasteiger partial charge in [-0.3, -0.25) is 0 Å². The van der Waals surface area contributed by atoms with Crippen molar-refractivity contribution < 1.29 is 19.2 Å². The number of halogens is 6. The summed E-state index contributed by atoms with van der Waals surface area (Å²) in [5, 5.41) is 26.8. The first-order valence-corrected chi connectivity index (χ1v) is 13.5. The van der Waals surface area contributed by atoms with E-state index >= 15 is 0 Å². The topological polar surface area (TPSA) is 149 Å². The second kappa shape index (κ2) is 16.9. The first-order chi connectivity index (χ1) is 16.8. The molecule has 0 saturated carbocycles. The Morgan fingerprint density at radius 1 is 0.919 bits per heavy atom. The van der Waals surface area contributed by atoms with Crippen LogP contribution in [-0.2, 0) is 22.1 Å². The number of carbonyl (C=O) groups is 1. The molecule has 3 aromatic heterocycles. The highest BCUT2D eigenvalue weighted by Crippen LogP contribution is 2.21. The fraction of sp³-hybridized carbons (Fsp3) is 0.150. The summed E-state index contributed by atoms with van der Waals surface area (Å²) in [4.78, 5) is 21.4. The van der Waals surface area contributed by atoms with Gasteiger partial charge in [-0.2, -0.15) is 5.26 Å². The highest BCUT2D eigenvalue weighted by Gasteiger charge is 2.07. The second-order valence-electron chi connectivity index (χ2n) is 6.49. The summed E-state index contributed by atoms with van der Waals surface area (Å²) < 4.78 is 15.0. The van der Waals surface area contributed by atoms with Gasteiger partial charge in [0.15, 0.2) is 0 Å². The Morgan fingerprint density at radius 3 is 1.76 bits per heavy atom. The average molecular weight is 645 g/mol. The fourth-order valence-corrected chi connectivity index (χ4v) is 3.92. The SMILES string of the molecule is CS(=O)(Cc1cnc(Cl)c(Cl)c1)=NC#N.O=C(O)c1cnc(Cl)c(Cl)c1.OCc1cnc(Cl)c(Cl)c1.[B]. The lowest BCUT2D eigenvalue weighted by Gasteiger charge is -2.02. The molecule has 0 saturated heterocycles. The number of carboxylic acid groups (broad SMARTS) is 1. The smallest absolute Gasteiger partial charge is 0.337 e. The predicted octanol–water partition coefficient (Wildman–Crippen LogP) is 6.05. The number of rotatable bonds is 4. The molecule has 3 radical (unpaired) electrons. The van der Waals surface area contributed by atoms with Gasteiger partial charge in [0.1, 0.15) is 15.5 Å². The van der Waals surface area contributed by atoms with Crippen LogP contribution in [0.1, 0.15) is 21.5 Å². The van der Waals surface area contributed by atoms with E-state index in [1.807, 2.05) is 0 Å². The van der Waals surface area contributed by atoms with E-state index in [4.69, 9.17) is 85.1 Å². The van der Waals surface area contributed by atoms with Crippen LogP contribution in [0.25, 0.3) is 0 Å². The van der Waals surface area contributed by atoms with Crippen molar-refractivity contribution >= 4 is 93.7 Å². The Morgan fingerprint density at radius 2 is 1.35 bits per heavy atom. The molecule has 195 valence electrons. The van der Waals surface area contributed by atoms with Gasteiger partial charge in [0.05, 0.1) is 42.7 Å². The van der Waals surface area contributed by atoms with Crippen molar-refractivity contribution in [2.75, 3.05) is 6.26 Å². The normalized spacial score (nSPS) is 11.2. The van der Waals surface area contributed by atoms with Crippen LogP contribution in [0.15, 0.2) is 41.2 Å². The van der Waals surface area contributed by atoms with E-state index in [0.29, 0.717) is 21.2 Å². The molecule has 0 aromatic carbocycles. The predicted molar refractivity (Wildman–Crippen MR) is 147 cm³/mol. The molecule has 37 heavy (non-hydrogen) atoms. The Kier molecular flexibility index (Phi) is 16.0. The second-order valence-corrected chi connectivity index (χ2v) is 11.2. The van der Waals surface area contributed by atoms with E-state index in [1.165, 1.54) is 30.9 Å². The van der Waals surface area contributed by atoms with Crippen LogP contribution in [0.4, 0.5) is 0 Å². The lowest BCUT2D eigenvalue weighted by atomic mass is 10.3. The lowest BCUT2D eigenvalue weighted by Crippen LogP contribution is -2.01. The molecule has 17 heteroatoms. The number of nitriles is 1. The molecule has 3 aromatic rings. The van der Waals surface area contributed by atoms with Crippen molar-refractivity contribution in [1.29, 1.82) is 5.26 Å². The number of aliphatic hydroxyl groups excluding tert-OH is 1. The number of nitrogens with zero attached hydrogens (tertiary/aromatic N) is 5. The van der Waals surface area contributed by atoms with Crippen LogP contribution in [0.5, 0.6) is 0 Å². The van der Waals surface area contributed by atoms with Gasteiger partial charge in [-0.15, -0.1) is 4.36 Å². The fourth-order valence-electron chi connectivity index (χ4n) is 2.05. The molecule has 3 heterocycles. The largest absolute Gasteiger partial charge is 0.478 e. The summed E-state index contributed by atoms with van der Waals surface area (Å²) in [6, 6.07) is 4.39. The quantitative estimate of drug-likeness (QED) is 0.198. The Labute approximate surface area is 245 Å². The average Bonchev–Trinajstić information content (AvgIpc) is 2.80. The van der Waals surface area contributed by atoms with E-state index in [2.05, 4.69) is 19.3 Å². The molecule has 1 unspecified atom stereocenters. The first kappa shape index (κ1) is 35.1. The van der Waals surface area contributed by atoms with Gasteiger partial charge in [-0.05, 0) is 29.3 Å². The Balaban J connectivity index is 0.000000531. The molecule has 9 nitrogen and oxygen atoms in total. The molecule has 0 fully saturated rings. The number of aromatic nitrogens is 3. The highest BCUT2D eigenvalue weighted by atomic mass is 35.5. The van der Waals surface area contributed by atoms with Gasteiger partial charge in [-0.1, -0.05) is 69.6 Å². The van der Waals surface area contributed by atoms with Crippen molar-refractivity contribution in [1.82, 2.24) is 15.0 Å². The van der Waals surface area contributed by atoms with E-state index in [1.54, 1.807) is 12.1 Å². The summed E-state index contributed by atoms with van der Waals surface area (Å²) >= 11 is 33.4. The van der Waals surface area contributed by atoms with Gasteiger partial charge in [0.25, 0.3) is 0 Å². The lowest BCUT2D eigenvalue weighted by molar-refractivity contribution is 0.0696. The van der Waals surface area contributed by atoms with Gasteiger partial charge in [0.2, 0.25) is 6.19 Å². The number of aliphatic hydroxyl groups is 1. The van der Waals surface area contributed by atoms with E-state index in [-0.39, 0.29) is 46.8 Å². The molecule has 0 bridgehead atoms. The van der Waals surface area contributed by atoms with Crippen molar-refractivity contribution in [2.24, 2.45) is 4.36 Å². The van der Waals surface area contributed by atoms with Crippen LogP contribution in [-0.4, -0.2) is 50.0 Å². The van der Waals surface area contributed by atoms with Crippen molar-refractivity contribution in [2.45, 2.75) is 12.4 Å². The molecule has 2 N–H and O–H groups in total. The minimum atomic E-state index is -2.54. The van der Waals surface area contributed by atoms with Gasteiger partial charge in [-0.25, -0.2) is 24.0 Å². The number of carboxylic acids is 1. The Hall–Kier alpha value is -1.88. The third-order valence-electron chi connectivity index (χ3n) is 3.60. The maximum absolute atomic E-state index is 11.7. The summed E-state index contributed by atoms with van der Waals surface area (Å²) in [7, 11) is -2.54. The molecular formula is C20H15BCl6N5O4S. The monoisotopic (exact) mass is 642 g/mol. The summed E-state index contributed by atoms with van der Waals surface area (Å²) in [5.74, 6) is -0.944. The van der Waals surface area contributed by atoms with Crippen LogP contribution in [0.3, 0.4) is 0 Å². The third-order valence-corrected chi connectivity index (χ3v) is 6.99. The zero-order valence-electron chi connectivity index (χ0n) is 18.6. The molecule has 0 amide bonds. The van der Waals surface area contributed by atoms with Crippen LogP contribution < -0.4 is 0 Å². The molecule has 0 aliphatic rings. The molecule has 1 atom stereocenters. The minimum Gasteiger partial charge on any atom is -0.478 e. The Bertz CT molecular complexity index is 1400. The molecule has 0 aliphatic carbocycles. The van der Waals surface area contributed by atoms with Gasteiger partial charge in [0, 0.05) is 33.3 Å². The first-order valence-electron chi connectivity index (χ1n) is 9.12. The van der Waals surface area contributed by atoms with Crippen molar-refractivity contribution in [3.05, 3.63) is 84.0 Å². The summed E-state index contributed by atoms with van der Waals surface area (Å²) in [6.45, 7) is -0.0656. The zero-order valence-corrected chi connectivity index (χ0v) is 23.9. The minimum absolute atomic E-state index is 0. The number of hydrogen-bond donors (Lipinski definition) is 2. The van der Waals surface area contributed by atoms with Gasteiger partial charge >= 0.3 is 5.97 Å². The van der Waals surface area contributed by atoms with Crippen molar-refractivity contribution in [3.63, 3.8) is 0 Å². The third kappa shape index (κ3) is 13.0. The van der Waals surface area contributed by atoms with Crippen LogP contribution >= 0.6 is 69.6 Å². The zero-order chi connectivity index (χ0) is 27.5. The standard InChI is InChI=1S/C8H7Cl2N3OS.C6H3Cl2NO2.C6H5Cl2NO.B/c1-15(14,13-5-11)4-6-2-7(9)8(10)12-3-6;7-4-1-3(6(10)11)2-9-5(4)8;7-5-1-4(3-10)2-9-6(5)8;/h2-3H,4H2,1H3;1-2H,(H,10,11);1-2,10H,3H2;. The number of pyridine rings is 3. The molecule has 0 spiro atoms. The van der Waals surface area contributed by atoms with E-state index < -0.39 is 15.7 Å². The molecule has 3 rings (SSSR count). The van der Waals surface area contributed by atoms with E-state index in [9.17, 15) is 9.00 Å². The molecule has 0 aliphatic heterocycles. The summed E-state index contributed by atoms with van der Waals surface area (Å²) in [6.07, 6.45) is 7.02. The highest BCUT2D eigenvalue weighted by molar-refractivity contribution is 7.92. The van der Waals surface area contributed by atoms with Crippen molar-refractivity contribution in [3.8, 4) is 6.19 Å². The molecular weight excluding hydrogens is 630 g/mol. The maximum Gasteiger partial charge on any atom is 0.337 e. The van der Waals surface area contributed by atoms with E-state index in [0.717, 1.165) is 6.20 Å². The number of hydrogen-bond acceptors (Lipinski definition) is 8. The number of aromatic carboxylic acids is 1.